The Balaban J connectivity index is 1.97. The first-order valence-electron chi connectivity index (χ1n) is 6.11. The number of alkyl halides is 3. The molecule has 1 heterocycles. The molecule has 19 heavy (non-hydrogen) atoms. The lowest BCUT2D eigenvalue weighted by atomic mass is 9.91. The van der Waals surface area contributed by atoms with Gasteiger partial charge in [-0.25, -0.2) is 0 Å². The third-order valence-corrected chi connectivity index (χ3v) is 3.85. The Labute approximate surface area is 108 Å². The number of rotatable bonds is 1. The summed E-state index contributed by atoms with van der Waals surface area (Å²) in [4.78, 5) is 12.1. The van der Waals surface area contributed by atoms with Crippen LogP contribution in [0.5, 0.6) is 0 Å². The second-order valence-electron chi connectivity index (χ2n) is 5.31. The summed E-state index contributed by atoms with van der Waals surface area (Å²) in [5.41, 5.74) is -0.740. The summed E-state index contributed by atoms with van der Waals surface area (Å²) in [5.74, 6) is -0.00947. The predicted octanol–water partition coefficient (Wildman–Crippen LogP) is 3.24. The van der Waals surface area contributed by atoms with Gasteiger partial charge >= 0.3 is 6.18 Å². The maximum absolute atomic E-state index is 12.6. The minimum Gasteiger partial charge on any atom is -0.370 e. The number of carbonyl (C=O) groups is 1. The predicted molar refractivity (Wildman–Crippen MR) is 64.8 cm³/mol. The molecule has 1 aromatic carbocycles. The molecule has 1 fully saturated rings. The first-order chi connectivity index (χ1) is 8.80. The molecule has 2 aliphatic rings. The molecule has 1 unspecified atom stereocenters. The topological polar surface area (TPSA) is 41.1 Å². The second kappa shape index (κ2) is 3.65. The number of anilines is 2. The van der Waals surface area contributed by atoms with Crippen LogP contribution in [0, 0.1) is 5.92 Å². The van der Waals surface area contributed by atoms with Gasteiger partial charge in [0.25, 0.3) is 0 Å². The fraction of sp³-hybridized carbons (Fsp3) is 0.462. The molecule has 1 saturated carbocycles. The largest absolute Gasteiger partial charge is 0.416 e. The highest BCUT2D eigenvalue weighted by Gasteiger charge is 2.49. The van der Waals surface area contributed by atoms with Crippen LogP contribution in [0.3, 0.4) is 0 Å². The van der Waals surface area contributed by atoms with Crippen LogP contribution in [0.25, 0.3) is 0 Å². The number of benzene rings is 1. The van der Waals surface area contributed by atoms with Crippen molar-refractivity contribution in [1.82, 2.24) is 0 Å². The van der Waals surface area contributed by atoms with E-state index >= 15 is 0 Å². The molecule has 0 spiro atoms. The second-order valence-corrected chi connectivity index (χ2v) is 5.31. The van der Waals surface area contributed by atoms with Crippen LogP contribution in [0.4, 0.5) is 24.5 Å². The molecule has 1 aromatic rings. The van der Waals surface area contributed by atoms with Crippen LogP contribution in [0.1, 0.15) is 25.3 Å². The highest BCUT2D eigenvalue weighted by Crippen LogP contribution is 2.46. The average molecular weight is 270 g/mol. The summed E-state index contributed by atoms with van der Waals surface area (Å²) in [6, 6.07) is 3.36. The highest BCUT2D eigenvalue weighted by atomic mass is 19.4. The van der Waals surface area contributed by atoms with Crippen LogP contribution in [0.2, 0.25) is 0 Å². The van der Waals surface area contributed by atoms with Crippen LogP contribution >= 0.6 is 0 Å². The first-order valence-corrected chi connectivity index (χ1v) is 6.11. The molecular formula is C13H13F3N2O. The lowest BCUT2D eigenvalue weighted by Gasteiger charge is -2.36. The van der Waals surface area contributed by atoms with E-state index in [1.807, 2.05) is 0 Å². The van der Waals surface area contributed by atoms with Gasteiger partial charge in [-0.1, -0.05) is 0 Å². The molecular weight excluding hydrogens is 257 g/mol. The molecule has 0 bridgehead atoms. The average Bonchev–Trinajstić information content (AvgIpc) is 3.13. The number of carbonyl (C=O) groups excluding carboxylic acids is 1. The molecule has 1 amide bonds. The summed E-state index contributed by atoms with van der Waals surface area (Å²) >= 11 is 0. The Bertz CT molecular complexity index is 551. The smallest absolute Gasteiger partial charge is 0.370 e. The Morgan fingerprint density at radius 1 is 1.26 bits per heavy atom. The summed E-state index contributed by atoms with van der Waals surface area (Å²) in [6.45, 7) is 1.79. The van der Waals surface area contributed by atoms with Gasteiger partial charge in [0, 0.05) is 0 Å². The number of fused-ring (bicyclic) bond motifs is 1. The SMILES string of the molecule is CC1(C2CC2)Nc2ccc(C(F)(F)F)cc2NC1=O. The fourth-order valence-corrected chi connectivity index (χ4v) is 2.47. The van der Waals surface area contributed by atoms with Crippen molar-refractivity contribution in [1.29, 1.82) is 0 Å². The first kappa shape index (κ1) is 12.3. The number of amides is 1. The van der Waals surface area contributed by atoms with Crippen molar-refractivity contribution in [2.24, 2.45) is 5.92 Å². The van der Waals surface area contributed by atoms with Crippen molar-refractivity contribution >= 4 is 17.3 Å². The lowest BCUT2D eigenvalue weighted by Crippen LogP contribution is -2.51. The van der Waals surface area contributed by atoms with Gasteiger partial charge in [-0.15, -0.1) is 0 Å². The van der Waals surface area contributed by atoms with Gasteiger partial charge < -0.3 is 10.6 Å². The summed E-state index contributed by atoms with van der Waals surface area (Å²) in [5, 5.41) is 5.67. The van der Waals surface area contributed by atoms with Crippen molar-refractivity contribution in [2.45, 2.75) is 31.5 Å². The van der Waals surface area contributed by atoms with Gasteiger partial charge in [0.15, 0.2) is 0 Å². The van der Waals surface area contributed by atoms with Gasteiger partial charge in [-0.2, -0.15) is 13.2 Å². The maximum Gasteiger partial charge on any atom is 0.416 e. The van der Waals surface area contributed by atoms with E-state index < -0.39 is 17.3 Å². The number of hydrogen-bond donors (Lipinski definition) is 2. The van der Waals surface area contributed by atoms with Crippen molar-refractivity contribution in [3.63, 3.8) is 0 Å². The summed E-state index contributed by atoms with van der Waals surface area (Å²) in [6.07, 6.45) is -2.48. The van der Waals surface area contributed by atoms with E-state index in [2.05, 4.69) is 10.6 Å². The number of hydrogen-bond acceptors (Lipinski definition) is 2. The monoisotopic (exact) mass is 270 g/mol. The fourth-order valence-electron chi connectivity index (χ4n) is 2.47. The van der Waals surface area contributed by atoms with Crippen LogP contribution < -0.4 is 10.6 Å². The third kappa shape index (κ3) is 1.95. The van der Waals surface area contributed by atoms with E-state index in [0.29, 0.717) is 5.69 Å². The Morgan fingerprint density at radius 3 is 2.53 bits per heavy atom. The molecule has 0 aromatic heterocycles. The van der Waals surface area contributed by atoms with Crippen LogP contribution in [-0.2, 0) is 11.0 Å². The van der Waals surface area contributed by atoms with Crippen molar-refractivity contribution in [2.75, 3.05) is 10.6 Å². The lowest BCUT2D eigenvalue weighted by molar-refractivity contribution is -0.137. The standard InChI is InChI=1S/C13H13F3N2O/c1-12(7-2-3-7)11(19)17-10-6-8(13(14,15)16)4-5-9(10)18-12/h4-7,18H,2-3H2,1H3,(H,17,19). The number of nitrogens with one attached hydrogen (secondary N) is 2. The summed E-state index contributed by atoms with van der Waals surface area (Å²) < 4.78 is 37.8. The van der Waals surface area contributed by atoms with Gasteiger partial charge in [0.2, 0.25) is 5.91 Å². The van der Waals surface area contributed by atoms with Gasteiger partial charge in [0.1, 0.15) is 5.54 Å². The molecule has 3 rings (SSSR count). The molecule has 1 atom stereocenters. The van der Waals surface area contributed by atoms with E-state index in [-0.39, 0.29) is 17.5 Å². The van der Waals surface area contributed by atoms with E-state index in [1.54, 1.807) is 6.92 Å². The Morgan fingerprint density at radius 2 is 1.95 bits per heavy atom. The third-order valence-electron chi connectivity index (χ3n) is 3.85. The quantitative estimate of drug-likeness (QED) is 0.822. The minimum absolute atomic E-state index is 0.193. The Kier molecular flexibility index (Phi) is 2.37. The molecule has 0 saturated heterocycles. The molecule has 2 N–H and O–H groups in total. The van der Waals surface area contributed by atoms with E-state index in [0.717, 1.165) is 25.0 Å². The zero-order valence-electron chi connectivity index (χ0n) is 10.3. The molecule has 0 radical (unpaired) electrons. The zero-order valence-corrected chi connectivity index (χ0v) is 10.3. The minimum atomic E-state index is -4.41. The van der Waals surface area contributed by atoms with Crippen molar-refractivity contribution in [3.05, 3.63) is 23.8 Å². The molecule has 102 valence electrons. The zero-order chi connectivity index (χ0) is 13.8. The molecule has 3 nitrogen and oxygen atoms in total. The van der Waals surface area contributed by atoms with Crippen LogP contribution in [-0.4, -0.2) is 11.4 Å². The maximum atomic E-state index is 12.6. The molecule has 1 aliphatic carbocycles. The van der Waals surface area contributed by atoms with E-state index in [4.69, 9.17) is 0 Å². The number of halogens is 3. The van der Waals surface area contributed by atoms with Crippen molar-refractivity contribution in [3.8, 4) is 0 Å². The van der Waals surface area contributed by atoms with Crippen molar-refractivity contribution < 1.29 is 18.0 Å². The van der Waals surface area contributed by atoms with Gasteiger partial charge in [-0.3, -0.25) is 4.79 Å². The highest BCUT2D eigenvalue weighted by molar-refractivity contribution is 6.06. The van der Waals surface area contributed by atoms with Gasteiger partial charge in [-0.05, 0) is 43.9 Å². The van der Waals surface area contributed by atoms with Gasteiger partial charge in [0.05, 0.1) is 16.9 Å². The van der Waals surface area contributed by atoms with E-state index in [1.165, 1.54) is 6.07 Å². The normalized spacial score (nSPS) is 26.4. The van der Waals surface area contributed by atoms with E-state index in [9.17, 15) is 18.0 Å². The molecule has 6 heteroatoms. The summed E-state index contributed by atoms with van der Waals surface area (Å²) in [7, 11) is 0. The Hall–Kier alpha value is -1.72. The molecule has 1 aliphatic heterocycles. The van der Waals surface area contributed by atoms with Crippen LogP contribution in [0.15, 0.2) is 18.2 Å².